The zero-order valence-corrected chi connectivity index (χ0v) is 16.1. The molecule has 150 valence electrons. The van der Waals surface area contributed by atoms with Crippen LogP contribution in [0.25, 0.3) is 22.6 Å². The lowest BCUT2D eigenvalue weighted by atomic mass is 10.0. The number of aryl methyl sites for hydroxylation is 1. The Morgan fingerprint density at radius 2 is 1.90 bits per heavy atom. The minimum Gasteiger partial charge on any atom is -0.492 e. The Hall–Kier alpha value is -4.00. The van der Waals surface area contributed by atoms with Gasteiger partial charge in [0.05, 0.1) is 18.2 Å². The van der Waals surface area contributed by atoms with E-state index < -0.39 is 5.76 Å². The maximum Gasteiger partial charge on any atom is 0.419 e. The number of fused-ring (bicyclic) bond motifs is 1. The third-order valence-corrected chi connectivity index (χ3v) is 5.17. The molecule has 3 heterocycles. The standard InChI is InChI=1S/C23H18N2O5/c1-13-19(24-22(29-13)14-5-3-2-4-6-14)10-15-9-16-12-28-8-7-17(16)18(15)11-20-21(26)25-23(27)30-20/h2-9,12,26H,10-11H2,1H3,(H,25,27). The van der Waals surface area contributed by atoms with Crippen molar-refractivity contribution < 1.29 is 18.4 Å². The maximum absolute atomic E-state index is 11.4. The highest BCUT2D eigenvalue weighted by Crippen LogP contribution is 2.36. The minimum atomic E-state index is -0.685. The smallest absolute Gasteiger partial charge is 0.419 e. The summed E-state index contributed by atoms with van der Waals surface area (Å²) >= 11 is 0. The maximum atomic E-state index is 11.4. The molecule has 1 aliphatic heterocycles. The van der Waals surface area contributed by atoms with Gasteiger partial charge in [-0.2, -0.15) is 0 Å². The molecule has 1 aliphatic carbocycles. The van der Waals surface area contributed by atoms with E-state index in [0.717, 1.165) is 39.3 Å². The Balaban J connectivity index is 1.55. The molecular weight excluding hydrogens is 384 g/mol. The number of aromatic hydroxyl groups is 1. The monoisotopic (exact) mass is 402 g/mol. The molecule has 0 saturated heterocycles. The highest BCUT2D eigenvalue weighted by molar-refractivity contribution is 5.73. The summed E-state index contributed by atoms with van der Waals surface area (Å²) in [6.45, 7) is 1.89. The molecule has 7 nitrogen and oxygen atoms in total. The summed E-state index contributed by atoms with van der Waals surface area (Å²) in [5.74, 6) is 0.562. The average molecular weight is 402 g/mol. The average Bonchev–Trinajstić information content (AvgIpc) is 3.39. The Morgan fingerprint density at radius 3 is 2.67 bits per heavy atom. The van der Waals surface area contributed by atoms with E-state index in [-0.39, 0.29) is 18.1 Å². The predicted molar refractivity (Wildman–Crippen MR) is 109 cm³/mol. The van der Waals surface area contributed by atoms with Crippen LogP contribution < -0.4 is 5.76 Å². The zero-order valence-electron chi connectivity index (χ0n) is 16.1. The van der Waals surface area contributed by atoms with E-state index in [0.29, 0.717) is 12.3 Å². The molecule has 1 aromatic carbocycles. The summed E-state index contributed by atoms with van der Waals surface area (Å²) in [4.78, 5) is 18.4. The van der Waals surface area contributed by atoms with E-state index in [1.807, 2.05) is 49.4 Å². The van der Waals surface area contributed by atoms with Crippen molar-refractivity contribution in [3.05, 3.63) is 93.9 Å². The fourth-order valence-corrected chi connectivity index (χ4v) is 3.69. The normalized spacial score (nSPS) is 11.4. The second-order valence-electron chi connectivity index (χ2n) is 7.10. The number of hydrogen-bond donors (Lipinski definition) is 2. The fourth-order valence-electron chi connectivity index (χ4n) is 3.69. The summed E-state index contributed by atoms with van der Waals surface area (Å²) in [5, 5.41) is 9.96. The molecule has 0 amide bonds. The first kappa shape index (κ1) is 18.1. The third-order valence-electron chi connectivity index (χ3n) is 5.17. The van der Waals surface area contributed by atoms with Gasteiger partial charge in [0.2, 0.25) is 11.8 Å². The van der Waals surface area contributed by atoms with Gasteiger partial charge in [0.25, 0.3) is 0 Å². The number of aromatic amines is 1. The van der Waals surface area contributed by atoms with Gasteiger partial charge in [-0.1, -0.05) is 18.2 Å². The van der Waals surface area contributed by atoms with Gasteiger partial charge in [-0.05, 0) is 47.9 Å². The van der Waals surface area contributed by atoms with Crippen LogP contribution >= 0.6 is 0 Å². The minimum absolute atomic E-state index is 0.191. The Morgan fingerprint density at radius 1 is 1.07 bits per heavy atom. The number of nitrogens with one attached hydrogen (secondary N) is 1. The van der Waals surface area contributed by atoms with Gasteiger partial charge in [0, 0.05) is 24.0 Å². The van der Waals surface area contributed by atoms with Crippen molar-refractivity contribution in [1.29, 1.82) is 0 Å². The highest BCUT2D eigenvalue weighted by atomic mass is 16.4. The Bertz CT molecular complexity index is 1340. The Kier molecular flexibility index (Phi) is 4.28. The van der Waals surface area contributed by atoms with Crippen molar-refractivity contribution in [2.75, 3.05) is 0 Å². The zero-order chi connectivity index (χ0) is 20.7. The van der Waals surface area contributed by atoms with Crippen LogP contribution in [-0.4, -0.2) is 15.1 Å². The van der Waals surface area contributed by atoms with Crippen LogP contribution in [0.5, 0.6) is 5.88 Å². The van der Waals surface area contributed by atoms with Crippen molar-refractivity contribution in [2.45, 2.75) is 19.8 Å². The summed E-state index contributed by atoms with van der Waals surface area (Å²) < 4.78 is 16.3. The lowest BCUT2D eigenvalue weighted by Gasteiger charge is -2.05. The van der Waals surface area contributed by atoms with Gasteiger partial charge in [0.15, 0.2) is 5.76 Å². The van der Waals surface area contributed by atoms with E-state index in [9.17, 15) is 9.90 Å². The summed E-state index contributed by atoms with van der Waals surface area (Å²) in [6, 6.07) is 13.6. The van der Waals surface area contributed by atoms with Crippen LogP contribution in [0.4, 0.5) is 0 Å². The second kappa shape index (κ2) is 7.11. The van der Waals surface area contributed by atoms with Gasteiger partial charge < -0.3 is 18.4 Å². The van der Waals surface area contributed by atoms with Crippen LogP contribution in [-0.2, 0) is 12.8 Å². The van der Waals surface area contributed by atoms with Crippen LogP contribution in [0.3, 0.4) is 0 Å². The molecule has 0 atom stereocenters. The number of aromatic nitrogens is 2. The molecule has 30 heavy (non-hydrogen) atoms. The van der Waals surface area contributed by atoms with Gasteiger partial charge >= 0.3 is 5.76 Å². The predicted octanol–water partition coefficient (Wildman–Crippen LogP) is 4.52. The molecule has 7 heteroatoms. The summed E-state index contributed by atoms with van der Waals surface area (Å²) in [5.41, 5.74) is 5.54. The van der Waals surface area contributed by atoms with Gasteiger partial charge in [0.1, 0.15) is 5.76 Å². The molecular formula is C23H18N2O5. The lowest BCUT2D eigenvalue weighted by Crippen LogP contribution is -1.97. The van der Waals surface area contributed by atoms with Gasteiger partial charge in [-0.25, -0.2) is 9.78 Å². The first-order chi connectivity index (χ1) is 14.6. The van der Waals surface area contributed by atoms with E-state index in [1.165, 1.54) is 0 Å². The topological polar surface area (TPSA) is 105 Å². The van der Waals surface area contributed by atoms with Crippen LogP contribution in [0, 0.1) is 6.92 Å². The molecule has 3 aromatic rings. The quantitative estimate of drug-likeness (QED) is 0.448. The van der Waals surface area contributed by atoms with E-state index >= 15 is 0 Å². The number of benzene rings is 1. The number of hydrogen-bond acceptors (Lipinski definition) is 6. The van der Waals surface area contributed by atoms with Crippen LogP contribution in [0.2, 0.25) is 0 Å². The molecule has 5 rings (SSSR count). The van der Waals surface area contributed by atoms with Crippen molar-refractivity contribution in [2.24, 2.45) is 0 Å². The van der Waals surface area contributed by atoms with Crippen molar-refractivity contribution in [1.82, 2.24) is 9.97 Å². The third kappa shape index (κ3) is 3.20. The molecule has 0 fully saturated rings. The van der Waals surface area contributed by atoms with Crippen molar-refractivity contribution in [3.63, 3.8) is 0 Å². The first-order valence-electron chi connectivity index (χ1n) is 9.48. The molecule has 0 saturated carbocycles. The summed E-state index contributed by atoms with van der Waals surface area (Å²) in [6.07, 6.45) is 4.05. The van der Waals surface area contributed by atoms with Crippen molar-refractivity contribution >= 4 is 0 Å². The fraction of sp³-hybridized carbons (Fsp3) is 0.130. The van der Waals surface area contributed by atoms with Gasteiger partial charge in [-0.3, -0.25) is 4.98 Å². The largest absolute Gasteiger partial charge is 0.492 e. The molecule has 2 N–H and O–H groups in total. The molecule has 0 spiro atoms. The summed E-state index contributed by atoms with van der Waals surface area (Å²) in [7, 11) is 0. The Labute approximate surface area is 171 Å². The lowest BCUT2D eigenvalue weighted by molar-refractivity contribution is 0.426. The SMILES string of the molecule is Cc1oc(-c2ccccc2)nc1Cc1cc2coccc-2c1Cc1oc(=O)[nH]c1O. The van der Waals surface area contributed by atoms with E-state index in [2.05, 4.69) is 4.98 Å². The van der Waals surface area contributed by atoms with E-state index in [4.69, 9.17) is 18.2 Å². The molecule has 2 aromatic heterocycles. The number of rotatable bonds is 5. The van der Waals surface area contributed by atoms with Crippen LogP contribution in [0.1, 0.15) is 28.3 Å². The number of oxazole rings is 2. The van der Waals surface area contributed by atoms with E-state index in [1.54, 1.807) is 12.5 Å². The number of H-pyrrole nitrogens is 1. The number of nitrogens with zero attached hydrogens (tertiary/aromatic N) is 1. The van der Waals surface area contributed by atoms with Crippen molar-refractivity contribution in [3.8, 4) is 28.5 Å². The molecule has 0 bridgehead atoms. The molecule has 0 radical (unpaired) electrons. The first-order valence-corrected chi connectivity index (χ1v) is 9.48. The highest BCUT2D eigenvalue weighted by Gasteiger charge is 2.22. The second-order valence-corrected chi connectivity index (χ2v) is 7.10. The molecule has 2 aliphatic rings. The van der Waals surface area contributed by atoms with Gasteiger partial charge in [-0.15, -0.1) is 0 Å². The van der Waals surface area contributed by atoms with Crippen LogP contribution in [0.15, 0.2) is 73.0 Å². The molecule has 0 unspecified atom stereocenters.